The normalized spacial score (nSPS) is 17.3. The molecule has 2 aromatic carbocycles. The molecule has 0 unspecified atom stereocenters. The van der Waals surface area contributed by atoms with Crippen molar-refractivity contribution in [2.45, 2.75) is 57.5 Å². The SMILES string of the molecule is c1ccc(Cc2nc(NC3CCN(Cc4ccccc4)CC3)nc3c2CCCC3)cc1. The smallest absolute Gasteiger partial charge is 0.223 e. The zero-order valence-corrected chi connectivity index (χ0v) is 18.3. The molecule has 1 aromatic heterocycles. The summed E-state index contributed by atoms with van der Waals surface area (Å²) < 4.78 is 0. The van der Waals surface area contributed by atoms with Crippen LogP contribution in [-0.4, -0.2) is 34.0 Å². The fourth-order valence-electron chi connectivity index (χ4n) is 4.93. The van der Waals surface area contributed by atoms with Crippen LogP contribution in [0.5, 0.6) is 0 Å². The Morgan fingerprint density at radius 3 is 2.23 bits per heavy atom. The van der Waals surface area contributed by atoms with Gasteiger partial charge in [-0.05, 0) is 55.2 Å². The predicted octanol–water partition coefficient (Wildman–Crippen LogP) is 5.02. The van der Waals surface area contributed by atoms with Gasteiger partial charge in [-0.1, -0.05) is 60.7 Å². The van der Waals surface area contributed by atoms with Gasteiger partial charge < -0.3 is 5.32 Å². The maximum atomic E-state index is 5.03. The number of hydrogen-bond acceptors (Lipinski definition) is 4. The first-order valence-electron chi connectivity index (χ1n) is 11.8. The Bertz CT molecular complexity index is 979. The molecule has 1 aliphatic heterocycles. The van der Waals surface area contributed by atoms with E-state index < -0.39 is 0 Å². The molecule has 4 nitrogen and oxygen atoms in total. The first-order valence-corrected chi connectivity index (χ1v) is 11.8. The van der Waals surface area contributed by atoms with Crippen molar-refractivity contribution >= 4 is 5.95 Å². The number of anilines is 1. The number of benzene rings is 2. The van der Waals surface area contributed by atoms with Crippen molar-refractivity contribution in [1.29, 1.82) is 0 Å². The largest absolute Gasteiger partial charge is 0.351 e. The third kappa shape index (κ3) is 5.13. The first-order chi connectivity index (χ1) is 15.3. The highest BCUT2D eigenvalue weighted by molar-refractivity contribution is 5.39. The predicted molar refractivity (Wildman–Crippen MR) is 126 cm³/mol. The molecule has 0 atom stereocenters. The van der Waals surface area contributed by atoms with Gasteiger partial charge in [-0.25, -0.2) is 9.97 Å². The highest BCUT2D eigenvalue weighted by atomic mass is 15.2. The quantitative estimate of drug-likeness (QED) is 0.617. The van der Waals surface area contributed by atoms with Crippen LogP contribution < -0.4 is 5.32 Å². The van der Waals surface area contributed by atoms with E-state index in [9.17, 15) is 0 Å². The first kappa shape index (κ1) is 20.2. The summed E-state index contributed by atoms with van der Waals surface area (Å²) in [5.41, 5.74) is 6.63. The summed E-state index contributed by atoms with van der Waals surface area (Å²) in [6, 6.07) is 22.0. The van der Waals surface area contributed by atoms with E-state index in [1.54, 1.807) is 0 Å². The zero-order chi connectivity index (χ0) is 20.9. The molecule has 2 aliphatic rings. The fourth-order valence-corrected chi connectivity index (χ4v) is 4.93. The highest BCUT2D eigenvalue weighted by Crippen LogP contribution is 2.26. The molecule has 0 radical (unpaired) electrons. The number of aromatic nitrogens is 2. The lowest BCUT2D eigenvalue weighted by Crippen LogP contribution is -2.39. The molecular formula is C27H32N4. The van der Waals surface area contributed by atoms with Crippen LogP contribution in [0.25, 0.3) is 0 Å². The van der Waals surface area contributed by atoms with E-state index >= 15 is 0 Å². The van der Waals surface area contributed by atoms with Crippen molar-refractivity contribution in [2.75, 3.05) is 18.4 Å². The van der Waals surface area contributed by atoms with Gasteiger partial charge in [0.25, 0.3) is 0 Å². The van der Waals surface area contributed by atoms with Gasteiger partial charge in [0.1, 0.15) is 0 Å². The number of aryl methyl sites for hydroxylation is 1. The molecular weight excluding hydrogens is 380 g/mol. The van der Waals surface area contributed by atoms with Crippen LogP contribution in [0.3, 0.4) is 0 Å². The summed E-state index contributed by atoms with van der Waals surface area (Å²) in [5.74, 6) is 0.841. The molecule has 160 valence electrons. The maximum Gasteiger partial charge on any atom is 0.223 e. The fraction of sp³-hybridized carbons (Fsp3) is 0.407. The Morgan fingerprint density at radius 1 is 0.806 bits per heavy atom. The Labute approximate surface area is 185 Å². The Balaban J connectivity index is 1.26. The molecule has 1 N–H and O–H groups in total. The summed E-state index contributed by atoms with van der Waals surface area (Å²) in [6.45, 7) is 3.28. The van der Waals surface area contributed by atoms with E-state index in [0.717, 1.165) is 57.7 Å². The van der Waals surface area contributed by atoms with E-state index in [-0.39, 0.29) is 0 Å². The van der Waals surface area contributed by atoms with Gasteiger partial charge in [0.05, 0.1) is 5.69 Å². The summed E-state index contributed by atoms with van der Waals surface area (Å²) in [6.07, 6.45) is 7.88. The summed E-state index contributed by atoms with van der Waals surface area (Å²) in [4.78, 5) is 12.5. The summed E-state index contributed by atoms with van der Waals surface area (Å²) in [7, 11) is 0. The topological polar surface area (TPSA) is 41.1 Å². The van der Waals surface area contributed by atoms with Crippen LogP contribution in [0.15, 0.2) is 60.7 Å². The van der Waals surface area contributed by atoms with E-state index in [2.05, 4.69) is 70.9 Å². The second kappa shape index (κ2) is 9.61. The van der Waals surface area contributed by atoms with E-state index in [0.29, 0.717) is 6.04 Å². The van der Waals surface area contributed by atoms with Crippen LogP contribution >= 0.6 is 0 Å². The molecule has 0 bridgehead atoms. The molecule has 4 heteroatoms. The Hall–Kier alpha value is -2.72. The van der Waals surface area contributed by atoms with Crippen molar-refractivity contribution in [3.8, 4) is 0 Å². The van der Waals surface area contributed by atoms with Crippen LogP contribution in [0.4, 0.5) is 5.95 Å². The third-order valence-electron chi connectivity index (χ3n) is 6.65. The Morgan fingerprint density at radius 2 is 1.48 bits per heavy atom. The third-order valence-corrected chi connectivity index (χ3v) is 6.65. The highest BCUT2D eigenvalue weighted by Gasteiger charge is 2.22. The van der Waals surface area contributed by atoms with Gasteiger partial charge in [-0.2, -0.15) is 0 Å². The van der Waals surface area contributed by atoms with Crippen molar-refractivity contribution in [2.24, 2.45) is 0 Å². The van der Waals surface area contributed by atoms with Gasteiger partial charge in [-0.3, -0.25) is 4.90 Å². The van der Waals surface area contributed by atoms with Crippen LogP contribution in [-0.2, 0) is 25.8 Å². The van der Waals surface area contributed by atoms with E-state index in [1.165, 1.54) is 40.9 Å². The van der Waals surface area contributed by atoms with Gasteiger partial charge in [0.15, 0.2) is 0 Å². The number of nitrogens with zero attached hydrogens (tertiary/aromatic N) is 3. The lowest BCUT2D eigenvalue weighted by molar-refractivity contribution is 0.211. The molecule has 31 heavy (non-hydrogen) atoms. The molecule has 2 heterocycles. The standard InChI is InChI=1S/C27H32N4/c1-3-9-21(10-4-1)19-26-24-13-7-8-14-25(24)29-27(30-26)28-23-15-17-31(18-16-23)20-22-11-5-2-6-12-22/h1-6,9-12,23H,7-8,13-20H2,(H,28,29,30). The van der Waals surface area contributed by atoms with E-state index in [1.807, 2.05) is 0 Å². The molecule has 0 saturated carbocycles. The second-order valence-electron chi connectivity index (χ2n) is 8.97. The summed E-state index contributed by atoms with van der Waals surface area (Å²) in [5, 5.41) is 3.69. The van der Waals surface area contributed by atoms with Crippen molar-refractivity contribution in [3.05, 3.63) is 88.7 Å². The molecule has 3 aromatic rings. The van der Waals surface area contributed by atoms with Gasteiger partial charge in [-0.15, -0.1) is 0 Å². The zero-order valence-electron chi connectivity index (χ0n) is 18.3. The summed E-state index contributed by atoms with van der Waals surface area (Å²) >= 11 is 0. The molecule has 0 spiro atoms. The molecule has 1 saturated heterocycles. The van der Waals surface area contributed by atoms with Crippen LogP contribution in [0, 0.1) is 0 Å². The van der Waals surface area contributed by atoms with Crippen molar-refractivity contribution < 1.29 is 0 Å². The Kier molecular flexibility index (Phi) is 6.26. The maximum absolute atomic E-state index is 5.03. The molecule has 1 aliphatic carbocycles. The van der Waals surface area contributed by atoms with Crippen LogP contribution in [0.2, 0.25) is 0 Å². The van der Waals surface area contributed by atoms with Crippen LogP contribution in [0.1, 0.15) is 53.8 Å². The van der Waals surface area contributed by atoms with E-state index in [4.69, 9.17) is 9.97 Å². The molecule has 1 fully saturated rings. The molecule has 5 rings (SSSR count). The van der Waals surface area contributed by atoms with Gasteiger partial charge >= 0.3 is 0 Å². The van der Waals surface area contributed by atoms with Gasteiger partial charge in [0.2, 0.25) is 5.95 Å². The van der Waals surface area contributed by atoms with Gasteiger partial charge in [0, 0.05) is 37.8 Å². The monoisotopic (exact) mass is 412 g/mol. The average Bonchev–Trinajstić information content (AvgIpc) is 2.82. The number of piperidine rings is 1. The lowest BCUT2D eigenvalue weighted by Gasteiger charge is -2.32. The van der Waals surface area contributed by atoms with Crippen molar-refractivity contribution in [1.82, 2.24) is 14.9 Å². The average molecular weight is 413 g/mol. The number of fused-ring (bicyclic) bond motifs is 1. The second-order valence-corrected chi connectivity index (χ2v) is 8.97. The number of nitrogens with one attached hydrogen (secondary N) is 1. The number of likely N-dealkylation sites (tertiary alicyclic amines) is 1. The number of rotatable bonds is 6. The number of hydrogen-bond donors (Lipinski definition) is 1. The minimum Gasteiger partial charge on any atom is -0.351 e. The lowest BCUT2D eigenvalue weighted by atomic mass is 9.92. The molecule has 0 amide bonds. The minimum atomic E-state index is 0.457. The minimum absolute atomic E-state index is 0.457. The van der Waals surface area contributed by atoms with Crippen molar-refractivity contribution in [3.63, 3.8) is 0 Å².